The van der Waals surface area contributed by atoms with Gasteiger partial charge in [0.2, 0.25) is 5.43 Å². The van der Waals surface area contributed by atoms with E-state index in [-0.39, 0.29) is 16.6 Å². The number of para-hydroxylation sites is 1. The number of benzene rings is 2. The maximum atomic E-state index is 14.0. The third-order valence-corrected chi connectivity index (χ3v) is 6.46. The number of hydrogen-bond acceptors (Lipinski definition) is 6. The van der Waals surface area contributed by atoms with Gasteiger partial charge in [-0.2, -0.15) is 0 Å². The summed E-state index contributed by atoms with van der Waals surface area (Å²) in [6, 6.07) is 10.7. The Hall–Kier alpha value is -3.84. The van der Waals surface area contributed by atoms with Crippen LogP contribution in [0.4, 0.5) is 0 Å². The molecule has 174 valence electrons. The largest absolute Gasteiger partial charge is 0.496 e. The quantitative estimate of drug-likeness (QED) is 0.459. The number of nitrogens with zero attached hydrogens (tertiary/aromatic N) is 2. The lowest BCUT2D eigenvalue weighted by atomic mass is 9.94. The van der Waals surface area contributed by atoms with Gasteiger partial charge in [-0.05, 0) is 31.2 Å². The molecule has 0 aliphatic carbocycles. The van der Waals surface area contributed by atoms with E-state index >= 15 is 0 Å². The first-order valence-electron chi connectivity index (χ1n) is 11.1. The van der Waals surface area contributed by atoms with Crippen LogP contribution in [0.1, 0.15) is 12.0 Å². The Bertz CT molecular complexity index is 1580. The predicted octanol–water partition coefficient (Wildman–Crippen LogP) is 4.05. The van der Waals surface area contributed by atoms with Crippen LogP contribution in [0.3, 0.4) is 0 Å². The van der Waals surface area contributed by atoms with Gasteiger partial charge in [-0.15, -0.1) is 0 Å². The molecule has 0 bridgehead atoms. The molecular weight excluding hydrogens is 432 g/mol. The third kappa shape index (κ3) is 3.49. The summed E-state index contributed by atoms with van der Waals surface area (Å²) in [5, 5.41) is 0.899. The molecule has 0 saturated heterocycles. The van der Waals surface area contributed by atoms with Gasteiger partial charge < -0.3 is 23.4 Å². The summed E-state index contributed by atoms with van der Waals surface area (Å²) < 4.78 is 19.2. The SMILES string of the molecule is COc1cc(OC)c2c(=O)c(C3=CCN(C)CC3)c(-c3cn(C)c4ccccc4c3=O)oc2c1. The normalized spacial score (nSPS) is 14.4. The Balaban J connectivity index is 1.92. The van der Waals surface area contributed by atoms with E-state index in [9.17, 15) is 9.59 Å². The van der Waals surface area contributed by atoms with E-state index in [1.54, 1.807) is 24.4 Å². The number of ether oxygens (including phenoxy) is 2. The molecule has 5 rings (SSSR count). The van der Waals surface area contributed by atoms with E-state index in [4.69, 9.17) is 13.9 Å². The van der Waals surface area contributed by atoms with Crippen molar-refractivity contribution in [3.8, 4) is 22.8 Å². The lowest BCUT2D eigenvalue weighted by Crippen LogP contribution is -2.25. The number of fused-ring (bicyclic) bond motifs is 2. The minimum absolute atomic E-state index is 0.180. The monoisotopic (exact) mass is 458 g/mol. The van der Waals surface area contributed by atoms with Gasteiger partial charge in [0.15, 0.2) is 11.2 Å². The van der Waals surface area contributed by atoms with Crippen LogP contribution in [0, 0.1) is 0 Å². The van der Waals surface area contributed by atoms with Gasteiger partial charge >= 0.3 is 0 Å². The maximum absolute atomic E-state index is 14.0. The Morgan fingerprint density at radius 3 is 2.50 bits per heavy atom. The first-order chi connectivity index (χ1) is 16.4. The van der Waals surface area contributed by atoms with Gasteiger partial charge in [0.05, 0.1) is 30.9 Å². The van der Waals surface area contributed by atoms with Crippen LogP contribution >= 0.6 is 0 Å². The van der Waals surface area contributed by atoms with Crippen LogP contribution in [0.15, 0.2) is 62.7 Å². The third-order valence-electron chi connectivity index (χ3n) is 6.46. The van der Waals surface area contributed by atoms with E-state index in [2.05, 4.69) is 4.90 Å². The smallest absolute Gasteiger partial charge is 0.204 e. The first-order valence-corrected chi connectivity index (χ1v) is 11.1. The Labute approximate surface area is 196 Å². The molecule has 2 aromatic heterocycles. The number of aryl methyl sites for hydroxylation is 1. The Morgan fingerprint density at radius 2 is 1.79 bits per heavy atom. The van der Waals surface area contributed by atoms with Crippen molar-refractivity contribution in [2.75, 3.05) is 34.4 Å². The number of methoxy groups -OCH3 is 2. The highest BCUT2D eigenvalue weighted by atomic mass is 16.5. The lowest BCUT2D eigenvalue weighted by Gasteiger charge is -2.23. The minimum Gasteiger partial charge on any atom is -0.496 e. The summed E-state index contributed by atoms with van der Waals surface area (Å²) in [6.07, 6.45) is 4.45. The van der Waals surface area contributed by atoms with Crippen LogP contribution in [0.25, 0.3) is 38.8 Å². The highest BCUT2D eigenvalue weighted by Gasteiger charge is 2.26. The molecule has 0 fully saturated rings. The van der Waals surface area contributed by atoms with Crippen LogP contribution in [-0.2, 0) is 7.05 Å². The fourth-order valence-corrected chi connectivity index (χ4v) is 4.62. The van der Waals surface area contributed by atoms with E-state index in [0.29, 0.717) is 51.9 Å². The zero-order valence-electron chi connectivity index (χ0n) is 19.7. The average molecular weight is 459 g/mol. The molecule has 0 spiro atoms. The molecule has 3 heterocycles. The average Bonchev–Trinajstić information content (AvgIpc) is 2.86. The van der Waals surface area contributed by atoms with Crippen molar-refractivity contribution in [3.63, 3.8) is 0 Å². The van der Waals surface area contributed by atoms with Gasteiger partial charge in [-0.25, -0.2) is 0 Å². The molecule has 0 atom stereocenters. The molecule has 34 heavy (non-hydrogen) atoms. The van der Waals surface area contributed by atoms with Gasteiger partial charge in [0, 0.05) is 43.9 Å². The molecule has 0 radical (unpaired) electrons. The van der Waals surface area contributed by atoms with Crippen molar-refractivity contribution in [1.82, 2.24) is 9.47 Å². The van der Waals surface area contributed by atoms with Crippen molar-refractivity contribution in [2.45, 2.75) is 6.42 Å². The Kier molecular flexibility index (Phi) is 5.49. The van der Waals surface area contributed by atoms with Crippen molar-refractivity contribution >= 4 is 27.4 Å². The standard InChI is InChI=1S/C27H26N2O5/c1-28-11-9-16(10-12-28)23-26(31)24-21(33-4)13-17(32-3)14-22(24)34-27(23)19-15-29(2)20-8-6-5-7-18(20)25(19)30/h5-9,13-15H,10-12H2,1-4H3. The summed E-state index contributed by atoms with van der Waals surface area (Å²) in [6.45, 7) is 1.51. The van der Waals surface area contributed by atoms with E-state index < -0.39 is 0 Å². The van der Waals surface area contributed by atoms with Gasteiger partial charge in [0.1, 0.15) is 22.5 Å². The molecular formula is C27H26N2O5. The van der Waals surface area contributed by atoms with Crippen LogP contribution in [-0.4, -0.2) is 43.8 Å². The number of rotatable bonds is 4. The fraction of sp³-hybridized carbons (Fsp3) is 0.259. The number of aromatic nitrogens is 1. The number of likely N-dealkylation sites (N-methyl/N-ethyl adjacent to an activating group) is 1. The molecule has 0 N–H and O–H groups in total. The van der Waals surface area contributed by atoms with E-state index in [1.807, 2.05) is 42.9 Å². The van der Waals surface area contributed by atoms with E-state index in [1.165, 1.54) is 14.2 Å². The Morgan fingerprint density at radius 1 is 1.00 bits per heavy atom. The summed E-state index contributed by atoms with van der Waals surface area (Å²) in [5.74, 6) is 1.14. The first kappa shape index (κ1) is 22.0. The fourth-order valence-electron chi connectivity index (χ4n) is 4.62. The molecule has 7 heteroatoms. The van der Waals surface area contributed by atoms with Crippen molar-refractivity contribution in [1.29, 1.82) is 0 Å². The molecule has 0 saturated carbocycles. The topological polar surface area (TPSA) is 73.9 Å². The highest BCUT2D eigenvalue weighted by molar-refractivity contribution is 5.93. The van der Waals surface area contributed by atoms with Crippen molar-refractivity contribution in [2.24, 2.45) is 7.05 Å². The number of pyridine rings is 1. The maximum Gasteiger partial charge on any atom is 0.204 e. The van der Waals surface area contributed by atoms with Crippen molar-refractivity contribution in [3.05, 3.63) is 74.7 Å². The molecule has 2 aromatic carbocycles. The van der Waals surface area contributed by atoms with Crippen LogP contribution in [0.5, 0.6) is 11.5 Å². The van der Waals surface area contributed by atoms with Gasteiger partial charge in [0.25, 0.3) is 0 Å². The minimum atomic E-state index is -0.221. The molecule has 4 aromatic rings. The van der Waals surface area contributed by atoms with Gasteiger partial charge in [-0.1, -0.05) is 18.2 Å². The second-order valence-corrected chi connectivity index (χ2v) is 8.58. The molecule has 1 aliphatic heterocycles. The zero-order valence-corrected chi connectivity index (χ0v) is 19.7. The van der Waals surface area contributed by atoms with Crippen LogP contribution in [0.2, 0.25) is 0 Å². The second-order valence-electron chi connectivity index (χ2n) is 8.58. The van der Waals surface area contributed by atoms with Crippen molar-refractivity contribution < 1.29 is 13.9 Å². The lowest BCUT2D eigenvalue weighted by molar-refractivity contribution is 0.369. The molecule has 0 unspecified atom stereocenters. The predicted molar refractivity (Wildman–Crippen MR) is 134 cm³/mol. The summed E-state index contributed by atoms with van der Waals surface area (Å²) in [4.78, 5) is 29.8. The van der Waals surface area contributed by atoms with Gasteiger partial charge in [-0.3, -0.25) is 9.59 Å². The van der Waals surface area contributed by atoms with Crippen LogP contribution < -0.4 is 20.3 Å². The summed E-state index contributed by atoms with van der Waals surface area (Å²) in [5.41, 5.74) is 2.35. The molecule has 1 aliphatic rings. The highest BCUT2D eigenvalue weighted by Crippen LogP contribution is 2.36. The summed E-state index contributed by atoms with van der Waals surface area (Å²) >= 11 is 0. The number of hydrogen-bond donors (Lipinski definition) is 0. The zero-order chi connectivity index (χ0) is 24.0. The summed E-state index contributed by atoms with van der Waals surface area (Å²) in [7, 11) is 6.96. The molecule has 0 amide bonds. The van der Waals surface area contributed by atoms with E-state index in [0.717, 1.165) is 17.6 Å². The molecule has 7 nitrogen and oxygen atoms in total. The second kappa shape index (κ2) is 8.50.